The van der Waals surface area contributed by atoms with Crippen molar-refractivity contribution in [3.63, 3.8) is 0 Å². The van der Waals surface area contributed by atoms with E-state index in [0.717, 1.165) is 12.8 Å². The third-order valence-electron chi connectivity index (χ3n) is 5.19. The summed E-state index contributed by atoms with van der Waals surface area (Å²) in [5.74, 6) is 0.830. The van der Waals surface area contributed by atoms with Crippen LogP contribution in [-0.4, -0.2) is 57.3 Å². The fourth-order valence-corrected chi connectivity index (χ4v) is 3.66. The number of carbonyl (C=O) groups excluding carboxylic acids is 2. The van der Waals surface area contributed by atoms with Gasteiger partial charge in [0.15, 0.2) is 0 Å². The molecule has 6 heteroatoms. The maximum absolute atomic E-state index is 13.0. The molecule has 4 heterocycles. The summed E-state index contributed by atoms with van der Waals surface area (Å²) in [5.41, 5.74) is 1.63. The number of hydrogen-bond acceptors (Lipinski definition) is 4. The number of allylic oxidation sites excluding steroid dienone is 1. The van der Waals surface area contributed by atoms with E-state index >= 15 is 0 Å². The zero-order valence-electron chi connectivity index (χ0n) is 16.1. The molecule has 3 saturated heterocycles. The predicted molar refractivity (Wildman–Crippen MR) is 99.7 cm³/mol. The summed E-state index contributed by atoms with van der Waals surface area (Å²) in [6.45, 7) is 9.80. The topological polar surface area (TPSA) is 66.4 Å². The van der Waals surface area contributed by atoms with Gasteiger partial charge in [-0.05, 0) is 32.8 Å². The van der Waals surface area contributed by atoms with E-state index in [1.54, 1.807) is 12.3 Å². The van der Waals surface area contributed by atoms with Gasteiger partial charge in [0, 0.05) is 37.8 Å². The van der Waals surface area contributed by atoms with Crippen LogP contribution in [0, 0.1) is 5.92 Å². The number of nitrogens with zero attached hydrogens (tertiary/aromatic N) is 4. The Labute approximate surface area is 155 Å². The summed E-state index contributed by atoms with van der Waals surface area (Å²) in [5, 5.41) is 0. The Bertz CT molecular complexity index is 724. The van der Waals surface area contributed by atoms with Crippen molar-refractivity contribution in [1.29, 1.82) is 0 Å². The Hall–Kier alpha value is -2.24. The van der Waals surface area contributed by atoms with Crippen LogP contribution >= 0.6 is 0 Å². The zero-order valence-corrected chi connectivity index (χ0v) is 16.1. The van der Waals surface area contributed by atoms with Gasteiger partial charge < -0.3 is 9.80 Å². The molecule has 0 spiro atoms. The third kappa shape index (κ3) is 3.79. The van der Waals surface area contributed by atoms with Gasteiger partial charge in [0.2, 0.25) is 5.91 Å². The molecule has 2 amide bonds. The molecule has 3 fully saturated rings. The Kier molecular flexibility index (Phi) is 5.39. The summed E-state index contributed by atoms with van der Waals surface area (Å²) < 4.78 is 0. The molecule has 0 radical (unpaired) electrons. The molecule has 1 aromatic rings. The maximum Gasteiger partial charge on any atom is 0.272 e. The van der Waals surface area contributed by atoms with Crippen molar-refractivity contribution >= 4 is 11.8 Å². The standard InChI is InChI=1S/C20H28N4O2/c1-13(2)8-10-24-16-6-5-15(19(24)25)11-23(12-16)20(26)17-7-9-21-18(22-17)14(3)4/h7-9,14-16H,5-6,10-12H2,1-4H3. The van der Waals surface area contributed by atoms with E-state index in [4.69, 9.17) is 0 Å². The molecule has 4 rings (SSSR count). The predicted octanol–water partition coefficient (Wildman–Crippen LogP) is 2.63. The molecule has 0 N–H and O–H groups in total. The Morgan fingerprint density at radius 3 is 2.77 bits per heavy atom. The second-order valence-corrected chi connectivity index (χ2v) is 7.87. The zero-order chi connectivity index (χ0) is 18.8. The van der Waals surface area contributed by atoms with Crippen LogP contribution in [0.1, 0.15) is 62.8 Å². The highest BCUT2D eigenvalue weighted by atomic mass is 16.2. The number of rotatable bonds is 4. The molecule has 1 aromatic heterocycles. The Morgan fingerprint density at radius 2 is 2.08 bits per heavy atom. The largest absolute Gasteiger partial charge is 0.334 e. The van der Waals surface area contributed by atoms with Gasteiger partial charge in [-0.2, -0.15) is 0 Å². The second-order valence-electron chi connectivity index (χ2n) is 7.87. The summed E-state index contributed by atoms with van der Waals surface area (Å²) >= 11 is 0. The van der Waals surface area contributed by atoms with Crippen molar-refractivity contribution < 1.29 is 9.59 Å². The number of piperidine rings is 1. The minimum atomic E-state index is -0.102. The van der Waals surface area contributed by atoms with Crippen molar-refractivity contribution in [3.05, 3.63) is 35.4 Å². The molecule has 3 aliphatic rings. The van der Waals surface area contributed by atoms with Gasteiger partial charge in [0.05, 0.1) is 5.92 Å². The molecular weight excluding hydrogens is 328 g/mol. The minimum Gasteiger partial charge on any atom is -0.334 e. The third-order valence-corrected chi connectivity index (χ3v) is 5.19. The molecule has 0 aromatic carbocycles. The second kappa shape index (κ2) is 7.56. The number of amides is 2. The van der Waals surface area contributed by atoms with Crippen molar-refractivity contribution in [2.24, 2.45) is 5.92 Å². The lowest BCUT2D eigenvalue weighted by atomic mass is 9.94. The summed E-state index contributed by atoms with van der Waals surface area (Å²) in [7, 11) is 0. The summed E-state index contributed by atoms with van der Waals surface area (Å²) in [6, 6.07) is 1.76. The van der Waals surface area contributed by atoms with Crippen molar-refractivity contribution in [2.75, 3.05) is 19.6 Å². The van der Waals surface area contributed by atoms with E-state index in [-0.39, 0.29) is 29.7 Å². The molecule has 3 aliphatic heterocycles. The first kappa shape index (κ1) is 18.5. The normalized spacial score (nSPS) is 22.6. The lowest BCUT2D eigenvalue weighted by Gasteiger charge is -2.35. The molecule has 2 atom stereocenters. The highest BCUT2D eigenvalue weighted by Gasteiger charge is 2.41. The average molecular weight is 356 g/mol. The molecule has 140 valence electrons. The highest BCUT2D eigenvalue weighted by molar-refractivity contribution is 5.93. The molecule has 2 unspecified atom stereocenters. The lowest BCUT2D eigenvalue weighted by Crippen LogP contribution is -2.48. The minimum absolute atomic E-state index is 0.0900. The number of hydrogen-bond donors (Lipinski definition) is 0. The lowest BCUT2D eigenvalue weighted by molar-refractivity contribution is -0.139. The smallest absolute Gasteiger partial charge is 0.272 e. The van der Waals surface area contributed by atoms with Crippen LogP contribution in [-0.2, 0) is 4.79 Å². The summed E-state index contributed by atoms with van der Waals surface area (Å²) in [4.78, 5) is 38.3. The van der Waals surface area contributed by atoms with E-state index in [1.807, 2.05) is 37.5 Å². The van der Waals surface area contributed by atoms with E-state index < -0.39 is 0 Å². The number of fused-ring (bicyclic) bond motifs is 4. The van der Waals surface area contributed by atoms with E-state index in [2.05, 4.69) is 16.0 Å². The van der Waals surface area contributed by atoms with Crippen LogP contribution < -0.4 is 0 Å². The van der Waals surface area contributed by atoms with Crippen molar-refractivity contribution in [2.45, 2.75) is 52.5 Å². The first-order valence-corrected chi connectivity index (χ1v) is 9.43. The van der Waals surface area contributed by atoms with Gasteiger partial charge in [-0.1, -0.05) is 25.5 Å². The average Bonchev–Trinajstić information content (AvgIpc) is 2.90. The summed E-state index contributed by atoms with van der Waals surface area (Å²) in [6.07, 6.45) is 5.55. The first-order chi connectivity index (χ1) is 12.4. The van der Waals surface area contributed by atoms with Gasteiger partial charge in [-0.25, -0.2) is 9.97 Å². The van der Waals surface area contributed by atoms with Crippen LogP contribution in [0.3, 0.4) is 0 Å². The fourth-order valence-electron chi connectivity index (χ4n) is 3.66. The van der Waals surface area contributed by atoms with Crippen molar-refractivity contribution in [1.82, 2.24) is 19.8 Å². The Balaban J connectivity index is 1.80. The first-order valence-electron chi connectivity index (χ1n) is 9.43. The molecule has 26 heavy (non-hydrogen) atoms. The quantitative estimate of drug-likeness (QED) is 0.778. The Morgan fingerprint density at radius 1 is 1.31 bits per heavy atom. The maximum atomic E-state index is 13.0. The SMILES string of the molecule is CC(C)=CCN1C(=O)C2CCC1CN(C(=O)c1ccnc(C(C)C)n1)C2. The van der Waals surface area contributed by atoms with Crippen LogP contribution in [0.15, 0.2) is 23.9 Å². The molecular formula is C20H28N4O2. The number of aromatic nitrogens is 2. The van der Waals surface area contributed by atoms with Gasteiger partial charge in [0.1, 0.15) is 11.5 Å². The van der Waals surface area contributed by atoms with Crippen LogP contribution in [0.4, 0.5) is 0 Å². The molecule has 6 nitrogen and oxygen atoms in total. The van der Waals surface area contributed by atoms with Gasteiger partial charge >= 0.3 is 0 Å². The van der Waals surface area contributed by atoms with Gasteiger partial charge in [-0.3, -0.25) is 9.59 Å². The van der Waals surface area contributed by atoms with Gasteiger partial charge in [-0.15, -0.1) is 0 Å². The monoisotopic (exact) mass is 356 g/mol. The van der Waals surface area contributed by atoms with Crippen LogP contribution in [0.25, 0.3) is 0 Å². The van der Waals surface area contributed by atoms with Crippen LogP contribution in [0.5, 0.6) is 0 Å². The molecule has 2 bridgehead atoms. The van der Waals surface area contributed by atoms with Gasteiger partial charge in [0.25, 0.3) is 5.91 Å². The molecule has 0 saturated carbocycles. The van der Waals surface area contributed by atoms with Crippen LogP contribution in [0.2, 0.25) is 0 Å². The number of carbonyl (C=O) groups is 2. The van der Waals surface area contributed by atoms with E-state index in [0.29, 0.717) is 31.2 Å². The molecule has 0 aliphatic carbocycles. The van der Waals surface area contributed by atoms with E-state index in [9.17, 15) is 9.59 Å². The highest BCUT2D eigenvalue weighted by Crippen LogP contribution is 2.29. The fraction of sp³-hybridized carbons (Fsp3) is 0.600. The van der Waals surface area contributed by atoms with Crippen molar-refractivity contribution in [3.8, 4) is 0 Å². The van der Waals surface area contributed by atoms with E-state index in [1.165, 1.54) is 5.57 Å².